The molecule has 3 rings (SSSR count). The summed E-state index contributed by atoms with van der Waals surface area (Å²) >= 11 is 0. The Morgan fingerprint density at radius 1 is 1.00 bits per heavy atom. The Morgan fingerprint density at radius 3 is 2.24 bits per heavy atom. The molecule has 0 aromatic heterocycles. The van der Waals surface area contributed by atoms with Crippen LogP contribution in [0.5, 0.6) is 0 Å². The van der Waals surface area contributed by atoms with Crippen molar-refractivity contribution in [2.24, 2.45) is 0 Å². The number of hydrogen-bond acceptors (Lipinski definition) is 2. The second kappa shape index (κ2) is 8.19. The van der Waals surface area contributed by atoms with Crippen LogP contribution >= 0.6 is 0 Å². The van der Waals surface area contributed by atoms with Crippen molar-refractivity contribution in [1.29, 1.82) is 0 Å². The molecule has 0 bridgehead atoms. The van der Waals surface area contributed by atoms with Crippen LogP contribution in [-0.2, 0) is 0 Å². The number of amides is 1. The maximum Gasteiger partial charge on any atom is 0.251 e. The van der Waals surface area contributed by atoms with Crippen molar-refractivity contribution < 1.29 is 4.79 Å². The van der Waals surface area contributed by atoms with E-state index in [-0.39, 0.29) is 11.9 Å². The summed E-state index contributed by atoms with van der Waals surface area (Å²) in [6.45, 7) is 6.42. The monoisotopic (exact) mass is 336 g/mol. The lowest BCUT2D eigenvalue weighted by Crippen LogP contribution is -2.30. The van der Waals surface area contributed by atoms with Crippen LogP contribution in [-0.4, -0.2) is 19.0 Å². The molecule has 1 N–H and O–H groups in total. The number of nitrogens with zero attached hydrogens (tertiary/aromatic N) is 1. The second-order valence-corrected chi connectivity index (χ2v) is 6.94. The second-order valence-electron chi connectivity index (χ2n) is 6.94. The minimum absolute atomic E-state index is 0.00220. The molecule has 1 heterocycles. The summed E-state index contributed by atoms with van der Waals surface area (Å²) in [5.74, 6) is -0.00220. The summed E-state index contributed by atoms with van der Waals surface area (Å²) in [4.78, 5) is 15.0. The fourth-order valence-electron chi connectivity index (χ4n) is 3.44. The van der Waals surface area contributed by atoms with Gasteiger partial charge in [0, 0.05) is 24.3 Å². The molecule has 0 unspecified atom stereocenters. The molecule has 132 valence electrons. The third kappa shape index (κ3) is 4.41. The van der Waals surface area contributed by atoms with E-state index in [2.05, 4.69) is 60.5 Å². The third-order valence-electron chi connectivity index (χ3n) is 5.04. The van der Waals surface area contributed by atoms with Gasteiger partial charge in [-0.1, -0.05) is 36.8 Å². The van der Waals surface area contributed by atoms with Crippen molar-refractivity contribution in [2.45, 2.75) is 45.6 Å². The van der Waals surface area contributed by atoms with E-state index in [0.29, 0.717) is 0 Å². The Balaban J connectivity index is 1.66. The molecule has 0 radical (unpaired) electrons. The van der Waals surface area contributed by atoms with Gasteiger partial charge in [-0.25, -0.2) is 0 Å². The first-order valence-corrected chi connectivity index (χ1v) is 9.40. The van der Waals surface area contributed by atoms with Crippen LogP contribution in [0.1, 0.15) is 60.1 Å². The zero-order chi connectivity index (χ0) is 17.6. The summed E-state index contributed by atoms with van der Waals surface area (Å²) in [7, 11) is 0. The molecule has 2 aromatic rings. The molecule has 1 amide bonds. The van der Waals surface area contributed by atoms with Gasteiger partial charge >= 0.3 is 0 Å². The van der Waals surface area contributed by atoms with Crippen LogP contribution in [0.2, 0.25) is 0 Å². The summed E-state index contributed by atoms with van der Waals surface area (Å²) in [5, 5.41) is 3.17. The lowest BCUT2D eigenvalue weighted by molar-refractivity contribution is 0.0935. The minimum Gasteiger partial charge on any atom is -0.372 e. The number of anilines is 1. The lowest BCUT2D eigenvalue weighted by Gasteiger charge is -2.28. The Labute approximate surface area is 151 Å². The molecule has 0 spiro atoms. The Morgan fingerprint density at radius 2 is 1.64 bits per heavy atom. The largest absolute Gasteiger partial charge is 0.372 e. The van der Waals surface area contributed by atoms with E-state index in [4.69, 9.17) is 0 Å². The Bertz CT molecular complexity index is 685. The maximum atomic E-state index is 12.6. The average Bonchev–Trinajstić information content (AvgIpc) is 2.67. The number of rotatable bonds is 5. The molecule has 3 nitrogen and oxygen atoms in total. The number of piperidine rings is 1. The van der Waals surface area contributed by atoms with Crippen molar-refractivity contribution in [3.8, 4) is 0 Å². The van der Waals surface area contributed by atoms with Gasteiger partial charge in [-0.3, -0.25) is 4.79 Å². The van der Waals surface area contributed by atoms with Gasteiger partial charge in [0.1, 0.15) is 0 Å². The molecule has 1 saturated heterocycles. The first-order chi connectivity index (χ1) is 12.2. The summed E-state index contributed by atoms with van der Waals surface area (Å²) < 4.78 is 0. The molecule has 25 heavy (non-hydrogen) atoms. The summed E-state index contributed by atoms with van der Waals surface area (Å²) in [5.41, 5.74) is 4.35. The number of carbonyl (C=O) groups is 1. The van der Waals surface area contributed by atoms with E-state index in [0.717, 1.165) is 30.6 Å². The number of benzene rings is 2. The van der Waals surface area contributed by atoms with Crippen molar-refractivity contribution in [1.82, 2.24) is 5.32 Å². The highest BCUT2D eigenvalue weighted by Gasteiger charge is 2.15. The van der Waals surface area contributed by atoms with Crippen molar-refractivity contribution in [3.63, 3.8) is 0 Å². The zero-order valence-corrected chi connectivity index (χ0v) is 15.3. The predicted octanol–water partition coefficient (Wildman–Crippen LogP) is 4.87. The highest BCUT2D eigenvalue weighted by Crippen LogP contribution is 2.21. The van der Waals surface area contributed by atoms with Gasteiger partial charge in [-0.2, -0.15) is 0 Å². The molecule has 0 saturated carbocycles. The molecule has 3 heteroatoms. The van der Waals surface area contributed by atoms with Crippen LogP contribution < -0.4 is 10.2 Å². The first kappa shape index (κ1) is 17.5. The number of hydrogen-bond donors (Lipinski definition) is 1. The van der Waals surface area contributed by atoms with Gasteiger partial charge in [0.25, 0.3) is 5.91 Å². The number of aryl methyl sites for hydroxylation is 1. The van der Waals surface area contributed by atoms with Crippen LogP contribution in [0.25, 0.3) is 0 Å². The highest BCUT2D eigenvalue weighted by molar-refractivity contribution is 5.94. The number of nitrogens with one attached hydrogen (secondary N) is 1. The normalized spacial score (nSPS) is 15.7. The van der Waals surface area contributed by atoms with Crippen molar-refractivity contribution >= 4 is 11.6 Å². The topological polar surface area (TPSA) is 32.3 Å². The van der Waals surface area contributed by atoms with Crippen LogP contribution in [0.3, 0.4) is 0 Å². The van der Waals surface area contributed by atoms with Crippen LogP contribution in [0.15, 0.2) is 48.5 Å². The molecular weight excluding hydrogens is 308 g/mol. The van der Waals surface area contributed by atoms with Gasteiger partial charge in [-0.15, -0.1) is 0 Å². The van der Waals surface area contributed by atoms with Crippen LogP contribution in [0.4, 0.5) is 5.69 Å². The summed E-state index contributed by atoms with van der Waals surface area (Å²) in [6, 6.07) is 16.5. The van der Waals surface area contributed by atoms with E-state index in [9.17, 15) is 4.79 Å². The van der Waals surface area contributed by atoms with Gasteiger partial charge < -0.3 is 10.2 Å². The summed E-state index contributed by atoms with van der Waals surface area (Å²) in [6.07, 6.45) is 4.73. The average molecular weight is 336 g/mol. The predicted molar refractivity (Wildman–Crippen MR) is 104 cm³/mol. The highest BCUT2D eigenvalue weighted by atomic mass is 16.1. The van der Waals surface area contributed by atoms with Gasteiger partial charge in [0.15, 0.2) is 0 Å². The minimum atomic E-state index is -0.00220. The van der Waals surface area contributed by atoms with Crippen molar-refractivity contribution in [2.75, 3.05) is 18.0 Å². The van der Waals surface area contributed by atoms with E-state index < -0.39 is 0 Å². The van der Waals surface area contributed by atoms with Gasteiger partial charge in [-0.05, 0) is 62.4 Å². The first-order valence-electron chi connectivity index (χ1n) is 9.40. The molecule has 1 aliphatic rings. The van der Waals surface area contributed by atoms with E-state index in [1.54, 1.807) is 0 Å². The smallest absolute Gasteiger partial charge is 0.251 e. The van der Waals surface area contributed by atoms with Gasteiger partial charge in [0.05, 0.1) is 6.04 Å². The van der Waals surface area contributed by atoms with Crippen molar-refractivity contribution in [3.05, 3.63) is 65.2 Å². The van der Waals surface area contributed by atoms with Gasteiger partial charge in [0.2, 0.25) is 0 Å². The molecular formula is C22H28N2O. The number of carbonyl (C=O) groups excluding carboxylic acids is 1. The molecule has 1 aliphatic heterocycles. The lowest BCUT2D eigenvalue weighted by atomic mass is 10.0. The molecule has 2 aromatic carbocycles. The Kier molecular flexibility index (Phi) is 5.75. The third-order valence-corrected chi connectivity index (χ3v) is 5.04. The fraction of sp³-hybridized carbons (Fsp3) is 0.409. The molecule has 1 fully saturated rings. The zero-order valence-electron chi connectivity index (χ0n) is 15.3. The maximum absolute atomic E-state index is 12.6. The molecule has 0 aliphatic carbocycles. The fourth-order valence-corrected chi connectivity index (χ4v) is 3.44. The standard InChI is InChI=1S/C22H28N2O/c1-3-21(18-9-7-17(2)8-10-18)23-22(25)19-11-13-20(14-12-19)24-15-5-4-6-16-24/h7-14,21H,3-6,15-16H2,1-2H3,(H,23,25)/t21-/m0/s1. The Hall–Kier alpha value is -2.29. The van der Waals surface area contributed by atoms with E-state index in [1.807, 2.05) is 12.1 Å². The van der Waals surface area contributed by atoms with E-state index in [1.165, 1.54) is 30.5 Å². The molecule has 1 atom stereocenters. The quantitative estimate of drug-likeness (QED) is 0.845. The van der Waals surface area contributed by atoms with Crippen LogP contribution in [0, 0.1) is 6.92 Å². The SMILES string of the molecule is CC[C@H](NC(=O)c1ccc(N2CCCCC2)cc1)c1ccc(C)cc1. The van der Waals surface area contributed by atoms with E-state index >= 15 is 0 Å².